The Hall–Kier alpha value is -2.82. The van der Waals surface area contributed by atoms with Crippen molar-refractivity contribution in [2.45, 2.75) is 59.0 Å². The lowest BCUT2D eigenvalue weighted by atomic mass is 10.1. The summed E-state index contributed by atoms with van der Waals surface area (Å²) < 4.78 is 5.73. The van der Waals surface area contributed by atoms with Gasteiger partial charge in [-0.15, -0.1) is 0 Å². The lowest BCUT2D eigenvalue weighted by molar-refractivity contribution is -0.140. The maximum Gasteiger partial charge on any atom is 0.242 e. The monoisotopic (exact) mass is 410 g/mol. The van der Waals surface area contributed by atoms with Gasteiger partial charge in [0.05, 0.1) is 6.61 Å². The Labute approximate surface area is 180 Å². The van der Waals surface area contributed by atoms with E-state index in [9.17, 15) is 9.59 Å². The van der Waals surface area contributed by atoms with E-state index in [4.69, 9.17) is 4.74 Å². The molecule has 0 saturated heterocycles. The summed E-state index contributed by atoms with van der Waals surface area (Å²) in [5.41, 5.74) is 2.19. The quantitative estimate of drug-likeness (QED) is 0.525. The minimum Gasteiger partial charge on any atom is -0.494 e. The van der Waals surface area contributed by atoms with Crippen LogP contribution in [0.1, 0.15) is 50.7 Å². The molecule has 0 aliphatic carbocycles. The first-order valence-corrected chi connectivity index (χ1v) is 10.8. The van der Waals surface area contributed by atoms with Crippen LogP contribution in [0.2, 0.25) is 0 Å². The van der Waals surface area contributed by atoms with Gasteiger partial charge in [-0.2, -0.15) is 0 Å². The predicted molar refractivity (Wildman–Crippen MR) is 120 cm³/mol. The van der Waals surface area contributed by atoms with E-state index in [0.29, 0.717) is 32.5 Å². The Kier molecular flexibility index (Phi) is 9.92. The molecule has 2 amide bonds. The normalized spacial score (nSPS) is 11.6. The van der Waals surface area contributed by atoms with Crippen LogP contribution in [-0.4, -0.2) is 35.9 Å². The molecule has 2 rings (SSSR count). The number of amides is 2. The molecule has 5 heteroatoms. The number of hydrogen-bond acceptors (Lipinski definition) is 3. The van der Waals surface area contributed by atoms with Crippen LogP contribution in [0.25, 0.3) is 0 Å². The Morgan fingerprint density at radius 1 is 1.03 bits per heavy atom. The minimum atomic E-state index is -0.521. The number of nitrogens with zero attached hydrogens (tertiary/aromatic N) is 1. The van der Waals surface area contributed by atoms with Crippen molar-refractivity contribution in [3.63, 3.8) is 0 Å². The van der Waals surface area contributed by atoms with Crippen LogP contribution in [0.5, 0.6) is 5.75 Å². The van der Waals surface area contributed by atoms with Gasteiger partial charge in [0.25, 0.3) is 0 Å². The lowest BCUT2D eigenvalue weighted by Gasteiger charge is -2.29. The van der Waals surface area contributed by atoms with Crippen molar-refractivity contribution >= 4 is 11.8 Å². The number of hydrogen-bond donors (Lipinski definition) is 1. The summed E-state index contributed by atoms with van der Waals surface area (Å²) in [5, 5.41) is 2.94. The number of unbranched alkanes of at least 4 members (excludes halogenated alkanes) is 1. The molecule has 0 saturated carbocycles. The van der Waals surface area contributed by atoms with Gasteiger partial charge in [0.1, 0.15) is 11.8 Å². The van der Waals surface area contributed by atoms with Gasteiger partial charge in [-0.3, -0.25) is 9.59 Å². The Balaban J connectivity index is 1.93. The third-order valence-corrected chi connectivity index (χ3v) is 5.02. The van der Waals surface area contributed by atoms with E-state index < -0.39 is 6.04 Å². The second-order valence-corrected chi connectivity index (χ2v) is 7.59. The van der Waals surface area contributed by atoms with Crippen LogP contribution in [0.15, 0.2) is 54.6 Å². The number of carbonyl (C=O) groups excluding carboxylic acids is 2. The Morgan fingerprint density at radius 2 is 1.73 bits per heavy atom. The van der Waals surface area contributed by atoms with E-state index in [1.807, 2.05) is 61.5 Å². The van der Waals surface area contributed by atoms with E-state index in [1.165, 1.54) is 5.56 Å². The van der Waals surface area contributed by atoms with Crippen LogP contribution < -0.4 is 10.1 Å². The van der Waals surface area contributed by atoms with Gasteiger partial charge in [-0.05, 0) is 44.4 Å². The fraction of sp³-hybridized carbons (Fsp3) is 0.440. The highest BCUT2D eigenvalue weighted by atomic mass is 16.5. The largest absolute Gasteiger partial charge is 0.494 e. The number of carbonyl (C=O) groups is 2. The first-order chi connectivity index (χ1) is 14.5. The maximum atomic E-state index is 13.0. The van der Waals surface area contributed by atoms with E-state index in [2.05, 4.69) is 12.2 Å². The molecule has 1 atom stereocenters. The van der Waals surface area contributed by atoms with Crippen molar-refractivity contribution in [1.82, 2.24) is 10.2 Å². The Bertz CT molecular complexity index is 775. The second-order valence-electron chi connectivity index (χ2n) is 7.59. The molecular weight excluding hydrogens is 376 g/mol. The Morgan fingerprint density at radius 3 is 2.40 bits per heavy atom. The molecule has 2 aromatic rings. The summed E-state index contributed by atoms with van der Waals surface area (Å²) in [5.74, 6) is 0.658. The molecule has 0 aliphatic heterocycles. The molecule has 0 fully saturated rings. The van der Waals surface area contributed by atoms with E-state index in [-0.39, 0.29) is 11.8 Å². The van der Waals surface area contributed by atoms with Crippen LogP contribution in [-0.2, 0) is 16.1 Å². The molecular formula is C25H34N2O3. The SMILES string of the molecule is CCCCNC(=O)[C@@H](C)N(Cc1ccccc1)C(=O)CCCOc1ccc(C)cc1. The minimum absolute atomic E-state index is 0.0375. The highest BCUT2D eigenvalue weighted by molar-refractivity contribution is 5.87. The molecule has 1 N–H and O–H groups in total. The summed E-state index contributed by atoms with van der Waals surface area (Å²) in [4.78, 5) is 27.2. The average molecular weight is 411 g/mol. The highest BCUT2D eigenvalue weighted by Gasteiger charge is 2.25. The second kappa shape index (κ2) is 12.7. The maximum absolute atomic E-state index is 13.0. The molecule has 162 valence electrons. The first kappa shape index (κ1) is 23.5. The van der Waals surface area contributed by atoms with Crippen LogP contribution in [0.4, 0.5) is 0 Å². The topological polar surface area (TPSA) is 58.6 Å². The molecule has 0 heterocycles. The van der Waals surface area contributed by atoms with Crippen molar-refractivity contribution in [2.24, 2.45) is 0 Å². The highest BCUT2D eigenvalue weighted by Crippen LogP contribution is 2.14. The van der Waals surface area contributed by atoms with E-state index in [1.54, 1.807) is 11.8 Å². The van der Waals surface area contributed by atoms with Crippen molar-refractivity contribution in [1.29, 1.82) is 0 Å². The number of rotatable bonds is 12. The summed E-state index contributed by atoms with van der Waals surface area (Å²) in [7, 11) is 0. The van der Waals surface area contributed by atoms with Crippen molar-refractivity contribution in [3.05, 3.63) is 65.7 Å². The third kappa shape index (κ3) is 7.90. The van der Waals surface area contributed by atoms with Gasteiger partial charge in [-0.25, -0.2) is 0 Å². The average Bonchev–Trinajstić information content (AvgIpc) is 2.76. The molecule has 0 aromatic heterocycles. The number of aryl methyl sites for hydroxylation is 1. The van der Waals surface area contributed by atoms with Crippen LogP contribution >= 0.6 is 0 Å². The molecule has 5 nitrogen and oxygen atoms in total. The van der Waals surface area contributed by atoms with E-state index in [0.717, 1.165) is 24.2 Å². The van der Waals surface area contributed by atoms with Crippen molar-refractivity contribution < 1.29 is 14.3 Å². The van der Waals surface area contributed by atoms with Gasteiger partial charge in [0, 0.05) is 19.5 Å². The van der Waals surface area contributed by atoms with Crippen molar-refractivity contribution in [3.8, 4) is 5.75 Å². The number of ether oxygens (including phenoxy) is 1. The van der Waals surface area contributed by atoms with Crippen LogP contribution in [0.3, 0.4) is 0 Å². The molecule has 30 heavy (non-hydrogen) atoms. The smallest absolute Gasteiger partial charge is 0.242 e. The van der Waals surface area contributed by atoms with E-state index >= 15 is 0 Å². The molecule has 0 unspecified atom stereocenters. The molecule has 2 aromatic carbocycles. The summed E-state index contributed by atoms with van der Waals surface area (Å²) >= 11 is 0. The van der Waals surface area contributed by atoms with Crippen molar-refractivity contribution in [2.75, 3.05) is 13.2 Å². The molecule has 0 radical (unpaired) electrons. The zero-order valence-electron chi connectivity index (χ0n) is 18.4. The standard InChI is InChI=1S/C25H34N2O3/c1-4-5-17-26-25(29)21(3)27(19-22-10-7-6-8-11-22)24(28)12-9-18-30-23-15-13-20(2)14-16-23/h6-8,10-11,13-16,21H,4-5,9,12,17-19H2,1-3H3,(H,26,29)/t21-/m1/s1. The van der Waals surface area contributed by atoms with Gasteiger partial charge >= 0.3 is 0 Å². The van der Waals surface area contributed by atoms with Gasteiger partial charge in [-0.1, -0.05) is 61.4 Å². The zero-order valence-corrected chi connectivity index (χ0v) is 18.4. The van der Waals surface area contributed by atoms with Gasteiger partial charge in [0.2, 0.25) is 11.8 Å². The summed E-state index contributed by atoms with van der Waals surface area (Å²) in [6.45, 7) is 7.43. The third-order valence-electron chi connectivity index (χ3n) is 5.02. The lowest BCUT2D eigenvalue weighted by Crippen LogP contribution is -2.47. The molecule has 0 aliphatic rings. The summed E-state index contributed by atoms with van der Waals surface area (Å²) in [6, 6.07) is 17.1. The number of nitrogens with one attached hydrogen (secondary N) is 1. The van der Waals surface area contributed by atoms with Gasteiger partial charge < -0.3 is 15.0 Å². The predicted octanol–water partition coefficient (Wildman–Crippen LogP) is 4.49. The van der Waals surface area contributed by atoms with Gasteiger partial charge in [0.15, 0.2) is 0 Å². The van der Waals surface area contributed by atoms with Crippen LogP contribution in [0, 0.1) is 6.92 Å². The molecule has 0 spiro atoms. The number of benzene rings is 2. The fourth-order valence-corrected chi connectivity index (χ4v) is 3.09. The zero-order chi connectivity index (χ0) is 21.8. The fourth-order valence-electron chi connectivity index (χ4n) is 3.09. The molecule has 0 bridgehead atoms. The summed E-state index contributed by atoms with van der Waals surface area (Å²) in [6.07, 6.45) is 2.89. The first-order valence-electron chi connectivity index (χ1n) is 10.8.